The molecule has 8 heteroatoms. The molecule has 32 heavy (non-hydrogen) atoms. The molecule has 1 saturated heterocycles. The van der Waals surface area contributed by atoms with Gasteiger partial charge in [0.1, 0.15) is 0 Å². The molecule has 1 amide bonds. The summed E-state index contributed by atoms with van der Waals surface area (Å²) in [6, 6.07) is 12.9. The van der Waals surface area contributed by atoms with Gasteiger partial charge in [-0.2, -0.15) is 0 Å². The number of hydrogen-bond acceptors (Lipinski definition) is 5. The lowest BCUT2D eigenvalue weighted by Crippen LogP contribution is -2.43. The molecule has 1 atom stereocenters. The summed E-state index contributed by atoms with van der Waals surface area (Å²) < 4.78 is 37.8. The number of methoxy groups -OCH3 is 2. The Morgan fingerprint density at radius 1 is 1.09 bits per heavy atom. The fourth-order valence-electron chi connectivity index (χ4n) is 3.99. The smallest absolute Gasteiger partial charge is 0.223 e. The summed E-state index contributed by atoms with van der Waals surface area (Å²) in [5.74, 6) is 0.977. The van der Waals surface area contributed by atoms with E-state index in [9.17, 15) is 13.2 Å². The van der Waals surface area contributed by atoms with Gasteiger partial charge in [-0.1, -0.05) is 30.3 Å². The van der Waals surface area contributed by atoms with Crippen molar-refractivity contribution >= 4 is 15.9 Å². The van der Waals surface area contributed by atoms with E-state index in [4.69, 9.17) is 9.47 Å². The molecule has 0 spiro atoms. The van der Waals surface area contributed by atoms with Gasteiger partial charge in [-0.05, 0) is 55.5 Å². The van der Waals surface area contributed by atoms with Gasteiger partial charge in [0.25, 0.3) is 0 Å². The fourth-order valence-corrected chi connectivity index (χ4v) is 5.66. The third kappa shape index (κ3) is 5.61. The van der Waals surface area contributed by atoms with Crippen LogP contribution in [0.25, 0.3) is 0 Å². The highest BCUT2D eigenvalue weighted by atomic mass is 32.2. The number of rotatable bonds is 8. The first-order valence-electron chi connectivity index (χ1n) is 10.8. The Morgan fingerprint density at radius 3 is 2.38 bits per heavy atom. The van der Waals surface area contributed by atoms with E-state index in [1.54, 1.807) is 14.2 Å². The van der Waals surface area contributed by atoms with Crippen molar-refractivity contribution in [1.29, 1.82) is 0 Å². The molecule has 2 aromatic rings. The average molecular weight is 461 g/mol. The summed E-state index contributed by atoms with van der Waals surface area (Å²) >= 11 is 0. The summed E-state index contributed by atoms with van der Waals surface area (Å²) in [4.78, 5) is 12.8. The van der Waals surface area contributed by atoms with Crippen LogP contribution in [0.4, 0.5) is 0 Å². The number of hydrogen-bond donors (Lipinski definition) is 1. The number of amides is 1. The third-order valence-corrected chi connectivity index (χ3v) is 7.91. The van der Waals surface area contributed by atoms with Gasteiger partial charge in [-0.25, -0.2) is 12.7 Å². The van der Waals surface area contributed by atoms with Crippen LogP contribution in [0.15, 0.2) is 42.5 Å². The number of aryl methyl sites for hydroxylation is 1. The van der Waals surface area contributed by atoms with E-state index >= 15 is 0 Å². The lowest BCUT2D eigenvalue weighted by atomic mass is 9.96. The molecular formula is C24H32N2O5S. The summed E-state index contributed by atoms with van der Waals surface area (Å²) in [5, 5.41) is 3.05. The molecule has 0 saturated carbocycles. The lowest BCUT2D eigenvalue weighted by molar-refractivity contribution is -0.126. The van der Waals surface area contributed by atoms with Crippen molar-refractivity contribution in [3.63, 3.8) is 0 Å². The minimum atomic E-state index is -3.41. The van der Waals surface area contributed by atoms with E-state index in [2.05, 4.69) is 5.32 Å². The van der Waals surface area contributed by atoms with Gasteiger partial charge < -0.3 is 14.8 Å². The van der Waals surface area contributed by atoms with Gasteiger partial charge >= 0.3 is 0 Å². The molecule has 1 aliphatic heterocycles. The highest BCUT2D eigenvalue weighted by Gasteiger charge is 2.32. The van der Waals surface area contributed by atoms with Crippen molar-refractivity contribution in [2.24, 2.45) is 5.92 Å². The number of sulfonamides is 1. The maximum Gasteiger partial charge on any atom is 0.223 e. The van der Waals surface area contributed by atoms with Crippen LogP contribution in [-0.4, -0.2) is 45.9 Å². The zero-order valence-corrected chi connectivity index (χ0v) is 19.9. The summed E-state index contributed by atoms with van der Waals surface area (Å²) in [6.45, 7) is 4.55. The van der Waals surface area contributed by atoms with Crippen LogP contribution in [0.2, 0.25) is 0 Å². The van der Waals surface area contributed by atoms with Crippen molar-refractivity contribution in [2.45, 2.75) is 38.5 Å². The standard InChI is InChI=1S/C24H32N2O5S/c1-17-7-5-6-8-21(17)16-32(28,29)26-13-11-19(12-14-26)24(27)25-18(2)20-9-10-22(30-3)23(15-20)31-4/h5-10,15,18-19H,11-14,16H2,1-4H3,(H,25,27)/t18-/m0/s1. The van der Waals surface area contributed by atoms with Crippen LogP contribution in [-0.2, 0) is 20.6 Å². The van der Waals surface area contributed by atoms with Crippen LogP contribution < -0.4 is 14.8 Å². The number of piperidine rings is 1. The molecular weight excluding hydrogens is 428 g/mol. The van der Waals surface area contributed by atoms with E-state index in [1.165, 1.54) is 4.31 Å². The lowest BCUT2D eigenvalue weighted by Gasteiger charge is -2.31. The fraction of sp³-hybridized carbons (Fsp3) is 0.458. The number of benzene rings is 2. The molecule has 174 valence electrons. The predicted molar refractivity (Wildman–Crippen MR) is 124 cm³/mol. The number of carbonyl (C=O) groups excluding carboxylic acids is 1. The zero-order valence-electron chi connectivity index (χ0n) is 19.1. The Labute approximate surface area is 190 Å². The summed E-state index contributed by atoms with van der Waals surface area (Å²) in [6.07, 6.45) is 1.02. The molecule has 1 heterocycles. The Bertz CT molecular complexity index is 1050. The van der Waals surface area contributed by atoms with Gasteiger partial charge in [0.15, 0.2) is 11.5 Å². The van der Waals surface area contributed by atoms with E-state index in [1.807, 2.05) is 56.3 Å². The molecule has 0 aliphatic carbocycles. The molecule has 1 N–H and O–H groups in total. The molecule has 2 aromatic carbocycles. The summed E-state index contributed by atoms with van der Waals surface area (Å²) in [7, 11) is -0.258. The zero-order chi connectivity index (χ0) is 23.3. The number of nitrogens with zero attached hydrogens (tertiary/aromatic N) is 1. The number of ether oxygens (including phenoxy) is 2. The van der Waals surface area contributed by atoms with E-state index in [0.717, 1.165) is 16.7 Å². The molecule has 0 aromatic heterocycles. The molecule has 1 fully saturated rings. The van der Waals surface area contributed by atoms with Gasteiger partial charge in [0.05, 0.1) is 26.0 Å². The minimum absolute atomic E-state index is 0.00707. The van der Waals surface area contributed by atoms with Gasteiger partial charge in [-0.15, -0.1) is 0 Å². The normalized spacial score (nSPS) is 16.4. The SMILES string of the molecule is COc1ccc([C@H](C)NC(=O)C2CCN(S(=O)(=O)Cc3ccccc3C)CC2)cc1OC. The van der Waals surface area contributed by atoms with Crippen LogP contribution in [0.3, 0.4) is 0 Å². The Hall–Kier alpha value is -2.58. The highest BCUT2D eigenvalue weighted by molar-refractivity contribution is 7.88. The van der Waals surface area contributed by atoms with Crippen molar-refractivity contribution < 1.29 is 22.7 Å². The molecule has 7 nitrogen and oxygen atoms in total. The van der Waals surface area contributed by atoms with Gasteiger partial charge in [-0.3, -0.25) is 4.79 Å². The number of nitrogens with one attached hydrogen (secondary N) is 1. The molecule has 1 aliphatic rings. The molecule has 0 bridgehead atoms. The van der Waals surface area contributed by atoms with E-state index < -0.39 is 10.0 Å². The second kappa shape index (κ2) is 10.4. The van der Waals surface area contributed by atoms with Crippen molar-refractivity contribution in [3.8, 4) is 11.5 Å². The third-order valence-electron chi connectivity index (χ3n) is 6.08. The summed E-state index contributed by atoms with van der Waals surface area (Å²) in [5.41, 5.74) is 2.69. The monoisotopic (exact) mass is 460 g/mol. The highest BCUT2D eigenvalue weighted by Crippen LogP contribution is 2.30. The Kier molecular flexibility index (Phi) is 7.79. The van der Waals surface area contributed by atoms with Crippen molar-refractivity contribution in [1.82, 2.24) is 9.62 Å². The first kappa shape index (κ1) is 24.1. The van der Waals surface area contributed by atoms with Crippen LogP contribution >= 0.6 is 0 Å². The van der Waals surface area contributed by atoms with Crippen molar-refractivity contribution in [3.05, 3.63) is 59.2 Å². The van der Waals surface area contributed by atoms with Gasteiger partial charge in [0.2, 0.25) is 15.9 Å². The second-order valence-electron chi connectivity index (χ2n) is 8.20. The molecule has 3 rings (SSSR count). The topological polar surface area (TPSA) is 84.9 Å². The maximum absolute atomic E-state index is 12.9. The molecule has 0 radical (unpaired) electrons. The first-order valence-corrected chi connectivity index (χ1v) is 12.4. The van der Waals surface area contributed by atoms with Crippen molar-refractivity contribution in [2.75, 3.05) is 27.3 Å². The van der Waals surface area contributed by atoms with Crippen LogP contribution in [0.1, 0.15) is 42.5 Å². The Balaban J connectivity index is 1.56. The second-order valence-corrected chi connectivity index (χ2v) is 10.2. The average Bonchev–Trinajstić information content (AvgIpc) is 2.80. The number of carbonyl (C=O) groups is 1. The molecule has 0 unspecified atom stereocenters. The Morgan fingerprint density at radius 2 is 1.75 bits per heavy atom. The van der Waals surface area contributed by atoms with Crippen LogP contribution in [0, 0.1) is 12.8 Å². The maximum atomic E-state index is 12.9. The van der Waals surface area contributed by atoms with E-state index in [0.29, 0.717) is 37.4 Å². The van der Waals surface area contributed by atoms with Crippen LogP contribution in [0.5, 0.6) is 11.5 Å². The quantitative estimate of drug-likeness (QED) is 0.652. The van der Waals surface area contributed by atoms with Gasteiger partial charge in [0, 0.05) is 19.0 Å². The largest absolute Gasteiger partial charge is 0.493 e. The predicted octanol–water partition coefficient (Wildman–Crippen LogP) is 3.43. The van der Waals surface area contributed by atoms with E-state index in [-0.39, 0.29) is 23.6 Å². The first-order chi connectivity index (χ1) is 15.2. The minimum Gasteiger partial charge on any atom is -0.493 e.